The average Bonchev–Trinajstić information content (AvgIpc) is 1.62. The van der Waals surface area contributed by atoms with Crippen LogP contribution in [0.1, 0.15) is 6.92 Å². The molecule has 54 valence electrons. The van der Waals surface area contributed by atoms with Crippen LogP contribution in [0.25, 0.3) is 0 Å². The monoisotopic (exact) mass is 170 g/mol. The van der Waals surface area contributed by atoms with E-state index < -0.39 is 20.3 Å². The van der Waals surface area contributed by atoms with Crippen LogP contribution in [0.5, 0.6) is 0 Å². The van der Waals surface area contributed by atoms with E-state index >= 15 is 0 Å². The van der Waals surface area contributed by atoms with E-state index in [-0.39, 0.29) is 0 Å². The van der Waals surface area contributed by atoms with E-state index in [1.54, 1.807) is 0 Å². The lowest BCUT2D eigenvalue weighted by molar-refractivity contribution is -0.115. The van der Waals surface area contributed by atoms with Crippen LogP contribution < -0.4 is 0 Å². The van der Waals surface area contributed by atoms with E-state index in [4.69, 9.17) is 11.6 Å². The van der Waals surface area contributed by atoms with Gasteiger partial charge in [0.1, 0.15) is 0 Å². The fourth-order valence-electron chi connectivity index (χ4n) is 0.301. The Balaban J connectivity index is 4.43. The van der Waals surface area contributed by atoms with Crippen molar-refractivity contribution in [1.29, 1.82) is 0 Å². The molecule has 0 aromatic rings. The highest BCUT2D eigenvalue weighted by atomic mass is 35.5. The molecule has 0 aliphatic rings. The third-order valence-electron chi connectivity index (χ3n) is 0.696. The Bertz CT molecular complexity index is 206. The van der Waals surface area contributed by atoms with Crippen molar-refractivity contribution in [2.24, 2.45) is 0 Å². The van der Waals surface area contributed by atoms with Crippen molar-refractivity contribution in [2.75, 3.05) is 6.26 Å². The summed E-state index contributed by atoms with van der Waals surface area (Å²) in [5.74, 6) is -0.542. The Morgan fingerprint density at radius 3 is 1.89 bits per heavy atom. The molecular weight excluding hydrogens is 164 g/mol. The summed E-state index contributed by atoms with van der Waals surface area (Å²) in [6.07, 6.45) is 0.923. The Labute approximate surface area is 58.9 Å². The minimum absolute atomic E-state index is 0.542. The van der Waals surface area contributed by atoms with Crippen LogP contribution in [0.2, 0.25) is 0 Å². The summed E-state index contributed by atoms with van der Waals surface area (Å²) < 4.78 is 19.5. The molecule has 0 saturated carbocycles. The van der Waals surface area contributed by atoms with Crippen molar-refractivity contribution in [3.05, 3.63) is 0 Å². The van der Waals surface area contributed by atoms with Crippen molar-refractivity contribution < 1.29 is 13.2 Å². The second-order valence-electron chi connectivity index (χ2n) is 1.76. The van der Waals surface area contributed by atoms with Gasteiger partial charge < -0.3 is 0 Å². The maximum atomic E-state index is 10.4. The second-order valence-corrected chi connectivity index (χ2v) is 4.58. The number of carbonyl (C=O) groups excluding carboxylic acids is 1. The van der Waals surface area contributed by atoms with Crippen LogP contribution in [-0.4, -0.2) is 25.2 Å². The van der Waals surface area contributed by atoms with Gasteiger partial charge in [0.05, 0.1) is 0 Å². The number of ketones is 1. The van der Waals surface area contributed by atoms with Gasteiger partial charge >= 0.3 is 0 Å². The van der Waals surface area contributed by atoms with Gasteiger partial charge in [0.15, 0.2) is 20.3 Å². The number of sulfone groups is 1. The maximum absolute atomic E-state index is 10.4. The molecule has 0 aliphatic heterocycles. The maximum Gasteiger partial charge on any atom is 0.192 e. The quantitative estimate of drug-likeness (QED) is 0.556. The van der Waals surface area contributed by atoms with Crippen LogP contribution in [0, 0.1) is 0 Å². The first-order valence-electron chi connectivity index (χ1n) is 2.19. The van der Waals surface area contributed by atoms with E-state index in [9.17, 15) is 13.2 Å². The van der Waals surface area contributed by atoms with Crippen LogP contribution in [0.15, 0.2) is 0 Å². The largest absolute Gasteiger partial charge is 0.297 e. The van der Waals surface area contributed by atoms with Gasteiger partial charge in [0.2, 0.25) is 0 Å². The SMILES string of the molecule is CC(=O)[C@@H](Cl)S(C)(=O)=O. The number of hydrogen-bond acceptors (Lipinski definition) is 3. The lowest BCUT2D eigenvalue weighted by atomic mass is 10.5. The van der Waals surface area contributed by atoms with Crippen LogP contribution in [0.4, 0.5) is 0 Å². The number of halogens is 1. The van der Waals surface area contributed by atoms with Gasteiger partial charge in [0, 0.05) is 6.26 Å². The zero-order valence-electron chi connectivity index (χ0n) is 5.09. The minimum Gasteiger partial charge on any atom is -0.297 e. The molecule has 0 saturated heterocycles. The smallest absolute Gasteiger partial charge is 0.192 e. The first-order valence-corrected chi connectivity index (χ1v) is 4.58. The summed E-state index contributed by atoms with van der Waals surface area (Å²) in [4.78, 5) is 10.3. The Morgan fingerprint density at radius 2 is 1.89 bits per heavy atom. The lowest BCUT2D eigenvalue weighted by Gasteiger charge is -1.99. The van der Waals surface area contributed by atoms with Gasteiger partial charge in [-0.05, 0) is 6.92 Å². The Morgan fingerprint density at radius 1 is 1.56 bits per heavy atom. The predicted octanol–water partition coefficient (Wildman–Crippen LogP) is 0.185. The van der Waals surface area contributed by atoms with Crippen molar-refractivity contribution in [2.45, 2.75) is 11.6 Å². The minimum atomic E-state index is -3.39. The van der Waals surface area contributed by atoms with Crippen LogP contribution >= 0.6 is 11.6 Å². The third kappa shape index (κ3) is 2.81. The number of Topliss-reactive ketones (excluding diaryl/α,β-unsaturated/α-hetero) is 1. The molecule has 0 rings (SSSR count). The lowest BCUT2D eigenvalue weighted by Crippen LogP contribution is -2.20. The predicted molar refractivity (Wildman–Crippen MR) is 35.2 cm³/mol. The fourth-order valence-corrected chi connectivity index (χ4v) is 0.904. The van der Waals surface area contributed by atoms with E-state index in [1.165, 1.54) is 0 Å². The number of hydrogen-bond donors (Lipinski definition) is 0. The summed E-state index contributed by atoms with van der Waals surface area (Å²) in [6.45, 7) is 1.14. The highest BCUT2D eigenvalue weighted by Gasteiger charge is 2.21. The fraction of sp³-hybridized carbons (Fsp3) is 0.750. The standard InChI is InChI=1S/C4H7ClO3S/c1-3(6)4(5)9(2,7)8/h4H,1-2H3/t4-/m0/s1. The summed E-state index contributed by atoms with van der Waals surface area (Å²) in [7, 11) is -3.39. The molecule has 0 spiro atoms. The molecule has 0 N–H and O–H groups in total. The summed E-state index contributed by atoms with van der Waals surface area (Å²) >= 11 is 5.15. The summed E-state index contributed by atoms with van der Waals surface area (Å²) in [5, 5.41) is 0. The molecule has 0 aliphatic carbocycles. The van der Waals surface area contributed by atoms with E-state index in [1.807, 2.05) is 0 Å². The molecule has 3 nitrogen and oxygen atoms in total. The van der Waals surface area contributed by atoms with Gasteiger partial charge in [0.25, 0.3) is 0 Å². The second kappa shape index (κ2) is 2.66. The molecule has 0 heterocycles. The van der Waals surface area contributed by atoms with E-state index in [0.717, 1.165) is 13.2 Å². The number of rotatable bonds is 2. The number of carbonyl (C=O) groups is 1. The van der Waals surface area contributed by atoms with Gasteiger partial charge in [-0.15, -0.1) is 0 Å². The van der Waals surface area contributed by atoms with Crippen molar-refractivity contribution in [1.82, 2.24) is 0 Å². The molecule has 9 heavy (non-hydrogen) atoms. The molecular formula is C4H7ClO3S. The average molecular weight is 171 g/mol. The van der Waals surface area contributed by atoms with Crippen molar-refractivity contribution in [3.63, 3.8) is 0 Å². The molecule has 0 aromatic heterocycles. The molecule has 0 fully saturated rings. The van der Waals surface area contributed by atoms with Crippen molar-refractivity contribution >= 4 is 27.2 Å². The first-order chi connectivity index (χ1) is 3.85. The molecule has 0 aromatic carbocycles. The summed E-state index contributed by atoms with van der Waals surface area (Å²) in [5.41, 5.74) is 0. The topological polar surface area (TPSA) is 51.2 Å². The highest BCUT2D eigenvalue weighted by molar-refractivity contribution is 7.93. The third-order valence-corrected chi connectivity index (χ3v) is 3.06. The zero-order valence-corrected chi connectivity index (χ0v) is 6.66. The summed E-state index contributed by atoms with van der Waals surface area (Å²) in [6, 6.07) is 0. The molecule has 5 heteroatoms. The van der Waals surface area contributed by atoms with Gasteiger partial charge in [-0.1, -0.05) is 11.6 Å². The van der Waals surface area contributed by atoms with E-state index in [2.05, 4.69) is 0 Å². The highest BCUT2D eigenvalue weighted by Crippen LogP contribution is 2.04. The molecule has 0 unspecified atom stereocenters. The van der Waals surface area contributed by atoms with Crippen LogP contribution in [0.3, 0.4) is 0 Å². The Hall–Kier alpha value is -0.0900. The molecule has 0 radical (unpaired) electrons. The van der Waals surface area contributed by atoms with Crippen LogP contribution in [-0.2, 0) is 14.6 Å². The van der Waals surface area contributed by atoms with Gasteiger partial charge in [-0.3, -0.25) is 4.79 Å². The van der Waals surface area contributed by atoms with Crippen molar-refractivity contribution in [3.8, 4) is 0 Å². The van der Waals surface area contributed by atoms with Gasteiger partial charge in [-0.2, -0.15) is 0 Å². The normalized spacial score (nSPS) is 15.0. The molecule has 0 bridgehead atoms. The zero-order chi connectivity index (χ0) is 7.65. The Kier molecular flexibility index (Phi) is 2.64. The molecule has 0 amide bonds. The molecule has 1 atom stereocenters. The first kappa shape index (κ1) is 8.91. The number of alkyl halides is 1. The van der Waals surface area contributed by atoms with Gasteiger partial charge in [-0.25, -0.2) is 8.42 Å². The van der Waals surface area contributed by atoms with E-state index in [0.29, 0.717) is 0 Å².